The number of hydrogen-bond acceptors (Lipinski definition) is 5. The molecule has 188 valence electrons. The number of nitrogens with one attached hydrogen (secondary N) is 1. The highest BCUT2D eigenvalue weighted by molar-refractivity contribution is 6.09. The minimum absolute atomic E-state index is 0.377. The van der Waals surface area contributed by atoms with E-state index in [0.717, 1.165) is 27.3 Å². The Labute approximate surface area is 215 Å². The zero-order valence-corrected chi connectivity index (χ0v) is 21.0. The molecule has 37 heavy (non-hydrogen) atoms. The molecule has 0 aliphatic carbocycles. The van der Waals surface area contributed by atoms with Gasteiger partial charge in [0.1, 0.15) is 17.8 Å². The van der Waals surface area contributed by atoms with Crippen LogP contribution in [0.2, 0.25) is 0 Å². The summed E-state index contributed by atoms with van der Waals surface area (Å²) in [6.45, 7) is 3.19. The van der Waals surface area contributed by atoms with Crippen molar-refractivity contribution in [3.05, 3.63) is 101 Å². The van der Waals surface area contributed by atoms with Crippen molar-refractivity contribution >= 4 is 23.6 Å². The van der Waals surface area contributed by atoms with Gasteiger partial charge in [-0.3, -0.25) is 14.5 Å². The lowest BCUT2D eigenvalue weighted by molar-refractivity contribution is -0.140. The van der Waals surface area contributed by atoms with Crippen LogP contribution in [0.25, 0.3) is 0 Å². The summed E-state index contributed by atoms with van der Waals surface area (Å²) in [5.41, 5.74) is 3.01. The van der Waals surface area contributed by atoms with E-state index in [1.165, 1.54) is 5.01 Å². The first-order valence-electron chi connectivity index (χ1n) is 12.1. The largest absolute Gasteiger partial charge is 0.497 e. The number of rotatable bonds is 6. The summed E-state index contributed by atoms with van der Waals surface area (Å²) in [6, 6.07) is 23.5. The van der Waals surface area contributed by atoms with Gasteiger partial charge in [0.25, 0.3) is 11.8 Å². The number of benzene rings is 3. The number of imide groups is 1. The quantitative estimate of drug-likeness (QED) is 0.519. The Kier molecular flexibility index (Phi) is 6.25. The second-order valence-corrected chi connectivity index (χ2v) is 9.46. The van der Waals surface area contributed by atoms with Gasteiger partial charge < -0.3 is 10.1 Å². The number of carbonyl (C=O) groups excluding carboxylic acids is 3. The lowest BCUT2D eigenvalue weighted by Gasteiger charge is -2.25. The van der Waals surface area contributed by atoms with Crippen LogP contribution in [-0.2, 0) is 15.1 Å². The van der Waals surface area contributed by atoms with Crippen molar-refractivity contribution in [2.75, 3.05) is 13.7 Å². The second-order valence-electron chi connectivity index (χ2n) is 9.46. The smallest absolute Gasteiger partial charge is 0.325 e. The summed E-state index contributed by atoms with van der Waals surface area (Å²) < 4.78 is 5.27. The lowest BCUT2D eigenvalue weighted by atomic mass is 9.91. The van der Waals surface area contributed by atoms with Crippen LogP contribution < -0.4 is 10.1 Å². The topological polar surface area (TPSA) is 91.3 Å². The van der Waals surface area contributed by atoms with Gasteiger partial charge in [0.2, 0.25) is 0 Å². The minimum Gasteiger partial charge on any atom is -0.497 e. The van der Waals surface area contributed by atoms with Gasteiger partial charge in [0.05, 0.1) is 18.9 Å². The fourth-order valence-corrected chi connectivity index (χ4v) is 4.76. The maximum Gasteiger partial charge on any atom is 0.325 e. The first-order valence-corrected chi connectivity index (χ1v) is 12.1. The van der Waals surface area contributed by atoms with Crippen molar-refractivity contribution in [3.63, 3.8) is 0 Å². The Balaban J connectivity index is 1.42. The van der Waals surface area contributed by atoms with Crippen LogP contribution in [-0.4, -0.2) is 47.1 Å². The Bertz CT molecular complexity index is 1370. The van der Waals surface area contributed by atoms with Crippen molar-refractivity contribution in [2.45, 2.75) is 31.8 Å². The maximum absolute atomic E-state index is 13.6. The summed E-state index contributed by atoms with van der Waals surface area (Å²) >= 11 is 0. The molecule has 2 heterocycles. The Morgan fingerprint density at radius 3 is 2.35 bits per heavy atom. The lowest BCUT2D eigenvalue weighted by Crippen LogP contribution is -2.43. The average Bonchev–Trinajstić information content (AvgIpc) is 3.46. The van der Waals surface area contributed by atoms with Gasteiger partial charge in [-0.1, -0.05) is 72.3 Å². The molecule has 3 aromatic rings. The number of aryl methyl sites for hydroxylation is 1. The fourth-order valence-electron chi connectivity index (χ4n) is 4.76. The van der Waals surface area contributed by atoms with E-state index in [9.17, 15) is 14.4 Å². The Morgan fingerprint density at radius 2 is 1.70 bits per heavy atom. The van der Waals surface area contributed by atoms with Crippen LogP contribution in [0.5, 0.6) is 5.75 Å². The van der Waals surface area contributed by atoms with Gasteiger partial charge in [-0.2, -0.15) is 5.10 Å². The van der Waals surface area contributed by atoms with E-state index in [4.69, 9.17) is 4.74 Å². The number of methoxy groups -OCH3 is 1. The maximum atomic E-state index is 13.6. The molecule has 1 fully saturated rings. The van der Waals surface area contributed by atoms with Crippen molar-refractivity contribution in [2.24, 2.45) is 5.10 Å². The predicted octanol–water partition coefficient (Wildman–Crippen LogP) is 4.15. The zero-order valence-electron chi connectivity index (χ0n) is 21.0. The number of hydrogen-bond donors (Lipinski definition) is 1. The highest BCUT2D eigenvalue weighted by Crippen LogP contribution is 2.35. The molecular formula is C29H28N4O4. The first-order chi connectivity index (χ1) is 17.8. The predicted molar refractivity (Wildman–Crippen MR) is 139 cm³/mol. The number of amides is 4. The molecule has 0 radical (unpaired) electrons. The highest BCUT2D eigenvalue weighted by Gasteiger charge is 2.50. The number of nitrogens with zero attached hydrogens (tertiary/aromatic N) is 3. The van der Waals surface area contributed by atoms with E-state index in [0.29, 0.717) is 17.7 Å². The first kappa shape index (κ1) is 24.2. The summed E-state index contributed by atoms with van der Waals surface area (Å²) in [6.07, 6.45) is 0.503. The molecule has 5 rings (SSSR count). The van der Waals surface area contributed by atoms with E-state index >= 15 is 0 Å². The molecule has 2 atom stereocenters. The second kappa shape index (κ2) is 9.54. The minimum atomic E-state index is -1.25. The molecule has 8 heteroatoms. The molecule has 2 aliphatic heterocycles. The van der Waals surface area contributed by atoms with Gasteiger partial charge >= 0.3 is 6.03 Å². The van der Waals surface area contributed by atoms with Gasteiger partial charge in [-0.05, 0) is 42.7 Å². The normalized spacial score (nSPS) is 21.2. The molecule has 0 unspecified atom stereocenters. The molecule has 8 nitrogen and oxygen atoms in total. The fraction of sp³-hybridized carbons (Fsp3) is 0.241. The Morgan fingerprint density at radius 1 is 1.03 bits per heavy atom. The third-order valence-corrected chi connectivity index (χ3v) is 6.97. The standard InChI is InChI=1S/C29H28N4O4/c1-19-9-13-22(14-10-19)29(2)27(35)32(28(36)30-29)18-26(34)33-25(21-11-15-23(37-3)16-12-21)17-24(31-33)20-7-5-4-6-8-20/h4-16,25H,17-18H2,1-3H3,(H,30,36)/t25-,29-/m1/s1. The van der Waals surface area contributed by atoms with E-state index in [2.05, 4.69) is 10.4 Å². The van der Waals surface area contributed by atoms with Gasteiger partial charge in [-0.25, -0.2) is 9.80 Å². The Hall–Kier alpha value is -4.46. The summed E-state index contributed by atoms with van der Waals surface area (Å²) in [5.74, 6) is -0.205. The van der Waals surface area contributed by atoms with Crippen LogP contribution in [0.3, 0.4) is 0 Å². The van der Waals surface area contributed by atoms with Crippen LogP contribution in [0, 0.1) is 6.92 Å². The monoisotopic (exact) mass is 496 g/mol. The van der Waals surface area contributed by atoms with Crippen molar-refractivity contribution < 1.29 is 19.1 Å². The van der Waals surface area contributed by atoms with Crippen LogP contribution in [0.1, 0.15) is 41.6 Å². The average molecular weight is 497 g/mol. The number of ether oxygens (including phenoxy) is 1. The molecule has 4 amide bonds. The molecule has 1 N–H and O–H groups in total. The van der Waals surface area contributed by atoms with Crippen LogP contribution in [0.4, 0.5) is 4.79 Å². The van der Waals surface area contributed by atoms with Crippen molar-refractivity contribution in [3.8, 4) is 5.75 Å². The van der Waals surface area contributed by atoms with Crippen LogP contribution >= 0.6 is 0 Å². The van der Waals surface area contributed by atoms with Gasteiger partial charge in [0.15, 0.2) is 0 Å². The summed E-state index contributed by atoms with van der Waals surface area (Å²) in [7, 11) is 1.60. The van der Waals surface area contributed by atoms with Gasteiger partial charge in [-0.15, -0.1) is 0 Å². The number of carbonyl (C=O) groups is 3. The third kappa shape index (κ3) is 4.46. The molecular weight excluding hydrogens is 468 g/mol. The van der Waals surface area contributed by atoms with E-state index in [-0.39, 0.29) is 6.04 Å². The molecule has 0 bridgehead atoms. The summed E-state index contributed by atoms with van der Waals surface area (Å²) in [5, 5.41) is 8.82. The number of urea groups is 1. The van der Waals surface area contributed by atoms with E-state index < -0.39 is 29.9 Å². The molecule has 0 aromatic heterocycles. The van der Waals surface area contributed by atoms with E-state index in [1.54, 1.807) is 14.0 Å². The highest BCUT2D eigenvalue weighted by atomic mass is 16.5. The van der Waals surface area contributed by atoms with E-state index in [1.807, 2.05) is 85.8 Å². The van der Waals surface area contributed by atoms with Crippen molar-refractivity contribution in [1.29, 1.82) is 0 Å². The van der Waals surface area contributed by atoms with Crippen LogP contribution in [0.15, 0.2) is 84.0 Å². The molecule has 2 aliphatic rings. The SMILES string of the molecule is COc1ccc([C@H]2CC(c3ccccc3)=NN2C(=O)CN2C(=O)N[C@](C)(c3ccc(C)cc3)C2=O)cc1. The third-order valence-electron chi connectivity index (χ3n) is 6.97. The molecule has 0 saturated carbocycles. The summed E-state index contributed by atoms with van der Waals surface area (Å²) in [4.78, 5) is 40.8. The number of hydrazone groups is 1. The van der Waals surface area contributed by atoms with Crippen molar-refractivity contribution in [1.82, 2.24) is 15.2 Å². The molecule has 0 spiro atoms. The molecule has 3 aromatic carbocycles. The zero-order chi connectivity index (χ0) is 26.2. The van der Waals surface area contributed by atoms with Gasteiger partial charge in [0, 0.05) is 6.42 Å². The molecule has 1 saturated heterocycles.